The number of hydrogen-bond acceptors (Lipinski definition) is 3. The van der Waals surface area contributed by atoms with Gasteiger partial charge in [-0.2, -0.15) is 0 Å². The molecule has 0 radical (unpaired) electrons. The van der Waals surface area contributed by atoms with Gasteiger partial charge in [-0.3, -0.25) is 0 Å². The molecular formula is C16H21NO4. The topological polar surface area (TPSA) is 70.0 Å². The lowest BCUT2D eigenvalue weighted by molar-refractivity contribution is -0.0455. The molecule has 1 heterocycles. The van der Waals surface area contributed by atoms with Crippen molar-refractivity contribution in [2.24, 2.45) is 0 Å². The van der Waals surface area contributed by atoms with Gasteiger partial charge in [0.1, 0.15) is 5.75 Å². The molecule has 2 rings (SSSR count). The number of likely N-dealkylation sites (tertiary alicyclic amines) is 1. The van der Waals surface area contributed by atoms with Crippen LogP contribution in [0.25, 0.3) is 0 Å². The molecule has 1 saturated heterocycles. The van der Waals surface area contributed by atoms with E-state index in [1.54, 1.807) is 19.3 Å². The normalized spacial score (nSPS) is 25.4. The summed E-state index contributed by atoms with van der Waals surface area (Å²) >= 11 is 0. The van der Waals surface area contributed by atoms with E-state index < -0.39 is 11.7 Å². The van der Waals surface area contributed by atoms with Crippen LogP contribution in [0.3, 0.4) is 0 Å². The first-order valence-corrected chi connectivity index (χ1v) is 6.98. The van der Waals surface area contributed by atoms with Gasteiger partial charge in [0.15, 0.2) is 0 Å². The third-order valence-corrected chi connectivity index (χ3v) is 4.07. The number of carbonyl (C=O) groups is 1. The van der Waals surface area contributed by atoms with Crippen LogP contribution in [0.1, 0.15) is 24.8 Å². The Morgan fingerprint density at radius 2 is 2.29 bits per heavy atom. The fourth-order valence-corrected chi connectivity index (χ4v) is 3.02. The lowest BCUT2D eigenvalue weighted by Gasteiger charge is -2.43. The smallest absolute Gasteiger partial charge is 0.407 e. The van der Waals surface area contributed by atoms with Crippen LogP contribution in [-0.4, -0.2) is 40.9 Å². The number of ether oxygens (including phenoxy) is 1. The van der Waals surface area contributed by atoms with Crippen LogP contribution in [0.15, 0.2) is 36.9 Å². The maximum absolute atomic E-state index is 11.3. The zero-order valence-electron chi connectivity index (χ0n) is 12.2. The maximum Gasteiger partial charge on any atom is 0.407 e. The van der Waals surface area contributed by atoms with Crippen molar-refractivity contribution >= 4 is 6.09 Å². The molecule has 0 spiro atoms. The fraction of sp³-hybridized carbons (Fsp3) is 0.438. The first-order valence-electron chi connectivity index (χ1n) is 6.98. The summed E-state index contributed by atoms with van der Waals surface area (Å²) in [5.74, 6) is 0.626. The van der Waals surface area contributed by atoms with Crippen LogP contribution in [0, 0.1) is 0 Å². The van der Waals surface area contributed by atoms with Gasteiger partial charge in [0.2, 0.25) is 0 Å². The van der Waals surface area contributed by atoms with Gasteiger partial charge < -0.3 is 19.8 Å². The lowest BCUT2D eigenvalue weighted by atomic mass is 9.79. The van der Waals surface area contributed by atoms with Gasteiger partial charge in [-0.05, 0) is 18.9 Å². The van der Waals surface area contributed by atoms with E-state index in [1.165, 1.54) is 4.90 Å². The molecule has 1 aliphatic heterocycles. The van der Waals surface area contributed by atoms with Gasteiger partial charge in [0.05, 0.1) is 12.7 Å². The van der Waals surface area contributed by atoms with Crippen molar-refractivity contribution in [3.8, 4) is 5.75 Å². The van der Waals surface area contributed by atoms with Crippen LogP contribution in [0.2, 0.25) is 0 Å². The van der Waals surface area contributed by atoms with Crippen molar-refractivity contribution in [3.63, 3.8) is 0 Å². The second-order valence-electron chi connectivity index (χ2n) is 5.34. The Kier molecular flexibility index (Phi) is 4.53. The predicted molar refractivity (Wildman–Crippen MR) is 79.5 cm³/mol. The van der Waals surface area contributed by atoms with Crippen molar-refractivity contribution in [1.82, 2.24) is 4.90 Å². The number of carboxylic acid groups (broad SMARTS) is 1. The molecule has 2 unspecified atom stereocenters. The molecule has 5 heteroatoms. The second kappa shape index (κ2) is 6.18. The average molecular weight is 291 g/mol. The number of piperidine rings is 1. The summed E-state index contributed by atoms with van der Waals surface area (Å²) in [6.45, 7) is 3.97. The second-order valence-corrected chi connectivity index (χ2v) is 5.34. The number of benzene rings is 1. The standard InChI is InChI=1S/C16H21NO4/c1-3-6-12-11-16(20,9-10-17(12)15(18)19)13-7-4-5-8-14(13)21-2/h3-5,7-8,12,20H,1,6,9-11H2,2H3,(H,18,19). The number of methoxy groups -OCH3 is 1. The molecule has 1 aliphatic rings. The molecule has 2 N–H and O–H groups in total. The van der Waals surface area contributed by atoms with E-state index in [0.29, 0.717) is 37.1 Å². The number of rotatable bonds is 4. The summed E-state index contributed by atoms with van der Waals surface area (Å²) < 4.78 is 5.32. The van der Waals surface area contributed by atoms with Crippen LogP contribution in [0.4, 0.5) is 4.79 Å². The van der Waals surface area contributed by atoms with Gasteiger partial charge in [-0.1, -0.05) is 24.3 Å². The van der Waals surface area contributed by atoms with Gasteiger partial charge in [0, 0.05) is 24.6 Å². The van der Waals surface area contributed by atoms with Crippen LogP contribution < -0.4 is 4.74 Å². The Labute approximate surface area is 124 Å². The molecule has 21 heavy (non-hydrogen) atoms. The molecule has 5 nitrogen and oxygen atoms in total. The van der Waals surface area contributed by atoms with Crippen molar-refractivity contribution in [2.45, 2.75) is 30.9 Å². The Morgan fingerprint density at radius 1 is 1.57 bits per heavy atom. The van der Waals surface area contributed by atoms with Crippen molar-refractivity contribution < 1.29 is 19.7 Å². The lowest BCUT2D eigenvalue weighted by Crippen LogP contribution is -2.51. The van der Waals surface area contributed by atoms with E-state index in [0.717, 1.165) is 0 Å². The predicted octanol–water partition coefficient (Wildman–Crippen LogP) is 2.60. The van der Waals surface area contributed by atoms with Crippen LogP contribution in [0.5, 0.6) is 5.75 Å². The van der Waals surface area contributed by atoms with Crippen molar-refractivity contribution in [2.75, 3.05) is 13.7 Å². The van der Waals surface area contributed by atoms with E-state index >= 15 is 0 Å². The molecule has 0 bridgehead atoms. The first-order chi connectivity index (χ1) is 10.0. The average Bonchev–Trinajstić information content (AvgIpc) is 2.47. The van der Waals surface area contributed by atoms with Gasteiger partial charge >= 0.3 is 6.09 Å². The first kappa shape index (κ1) is 15.4. The van der Waals surface area contributed by atoms with Gasteiger partial charge in [-0.25, -0.2) is 4.79 Å². The molecule has 114 valence electrons. The SMILES string of the molecule is C=CCC1CC(O)(c2ccccc2OC)CCN1C(=O)O. The van der Waals surface area contributed by atoms with Gasteiger partial charge in [0.25, 0.3) is 0 Å². The minimum Gasteiger partial charge on any atom is -0.496 e. The third-order valence-electron chi connectivity index (χ3n) is 4.07. The summed E-state index contributed by atoms with van der Waals surface area (Å²) in [6.07, 6.45) is 1.95. The maximum atomic E-state index is 11.3. The Balaban J connectivity index is 2.31. The van der Waals surface area contributed by atoms with E-state index in [4.69, 9.17) is 4.74 Å². The number of nitrogens with zero attached hydrogens (tertiary/aromatic N) is 1. The highest BCUT2D eigenvalue weighted by molar-refractivity contribution is 5.65. The van der Waals surface area contributed by atoms with E-state index in [2.05, 4.69) is 6.58 Å². The molecule has 1 aromatic rings. The molecule has 0 aromatic heterocycles. The highest BCUT2D eigenvalue weighted by Gasteiger charge is 2.42. The highest BCUT2D eigenvalue weighted by Crippen LogP contribution is 2.40. The monoisotopic (exact) mass is 291 g/mol. The van der Waals surface area contributed by atoms with Crippen LogP contribution in [-0.2, 0) is 5.60 Å². The zero-order chi connectivity index (χ0) is 15.5. The number of hydrogen-bond donors (Lipinski definition) is 2. The van der Waals surface area contributed by atoms with E-state index in [9.17, 15) is 15.0 Å². The minimum absolute atomic E-state index is 0.274. The molecule has 1 fully saturated rings. The molecule has 1 aromatic carbocycles. The summed E-state index contributed by atoms with van der Waals surface area (Å²) in [4.78, 5) is 12.7. The molecule has 0 aliphatic carbocycles. The van der Waals surface area contributed by atoms with Crippen LogP contribution >= 0.6 is 0 Å². The minimum atomic E-state index is -1.08. The summed E-state index contributed by atoms with van der Waals surface area (Å²) in [7, 11) is 1.57. The Bertz CT molecular complexity index is 531. The molecule has 2 atom stereocenters. The fourth-order valence-electron chi connectivity index (χ4n) is 3.02. The number of aliphatic hydroxyl groups is 1. The van der Waals surface area contributed by atoms with Gasteiger partial charge in [-0.15, -0.1) is 6.58 Å². The summed E-state index contributed by atoms with van der Waals surface area (Å²) in [6, 6.07) is 7.06. The quantitative estimate of drug-likeness (QED) is 0.837. The molecular weight excluding hydrogens is 270 g/mol. The third kappa shape index (κ3) is 3.03. The Morgan fingerprint density at radius 3 is 2.90 bits per heavy atom. The Hall–Kier alpha value is -2.01. The zero-order valence-corrected chi connectivity index (χ0v) is 12.2. The number of amides is 1. The largest absolute Gasteiger partial charge is 0.496 e. The van der Waals surface area contributed by atoms with Crippen molar-refractivity contribution in [3.05, 3.63) is 42.5 Å². The number of para-hydroxylation sites is 1. The highest BCUT2D eigenvalue weighted by atomic mass is 16.5. The molecule has 1 amide bonds. The summed E-state index contributed by atoms with van der Waals surface area (Å²) in [5.41, 5.74) is -0.363. The van der Waals surface area contributed by atoms with E-state index in [1.807, 2.05) is 18.2 Å². The van der Waals surface area contributed by atoms with E-state index in [-0.39, 0.29) is 6.04 Å². The molecule has 0 saturated carbocycles. The summed E-state index contributed by atoms with van der Waals surface area (Å²) in [5, 5.41) is 20.3. The van der Waals surface area contributed by atoms with Crippen molar-refractivity contribution in [1.29, 1.82) is 0 Å².